The first-order valence-electron chi connectivity index (χ1n) is 3.03. The Kier molecular flexibility index (Phi) is 12.3. The molecule has 0 rings (SSSR count). The molecule has 0 spiro atoms. The summed E-state index contributed by atoms with van der Waals surface area (Å²) in [6.45, 7) is 9.99. The second kappa shape index (κ2) is 7.94. The number of aliphatic carboxylic acids is 1. The van der Waals surface area contributed by atoms with Crippen LogP contribution in [0.25, 0.3) is 0 Å². The van der Waals surface area contributed by atoms with Gasteiger partial charge in [-0.3, -0.25) is 11.4 Å². The van der Waals surface area contributed by atoms with Gasteiger partial charge in [0, 0.05) is 19.5 Å². The Balaban J connectivity index is -0.000000140. The van der Waals surface area contributed by atoms with E-state index in [0.717, 1.165) is 0 Å². The molecule has 0 heterocycles. The van der Waals surface area contributed by atoms with Crippen molar-refractivity contribution in [3.05, 3.63) is 12.7 Å². The number of carbonyl (C=O) groups is 1. The minimum Gasteiger partial charge on any atom is -0.507 e. The predicted molar refractivity (Wildman–Crippen MR) is 41.6 cm³/mol. The third kappa shape index (κ3) is 17.7. The molecule has 0 aliphatic carbocycles. The maximum Gasteiger partial charge on any atom is 0.308 e. The smallest absolute Gasteiger partial charge is 0.308 e. The number of hydrogen-bond donors (Lipinski definition) is 1. The molecule has 0 aromatic heterocycles. The van der Waals surface area contributed by atoms with Crippen molar-refractivity contribution in [2.24, 2.45) is 5.41 Å². The standard InChI is InChI=1S/C5H10O2.C3H5.Zn/c1-5(2,3)4(6)7;1-3-2;/h1-3H3,(H,6,7);1H2,2H3;/q;-1;. The van der Waals surface area contributed by atoms with Crippen LogP contribution in [0.15, 0.2) is 6.58 Å². The minimum atomic E-state index is -0.757. The normalized spacial score (nSPS) is 8.36. The predicted octanol–water partition coefficient (Wildman–Crippen LogP) is 2.11. The molecule has 0 aromatic carbocycles. The fourth-order valence-corrected chi connectivity index (χ4v) is 0. The topological polar surface area (TPSA) is 37.3 Å². The van der Waals surface area contributed by atoms with Crippen molar-refractivity contribution in [1.82, 2.24) is 0 Å². The van der Waals surface area contributed by atoms with Crippen LogP contribution >= 0.6 is 0 Å². The van der Waals surface area contributed by atoms with E-state index in [2.05, 4.69) is 12.7 Å². The summed E-state index contributed by atoms with van der Waals surface area (Å²) in [5, 5.41) is 8.25. The van der Waals surface area contributed by atoms with Crippen LogP contribution in [0.3, 0.4) is 0 Å². The quantitative estimate of drug-likeness (QED) is 0.489. The van der Waals surface area contributed by atoms with Crippen LogP contribution in [0.4, 0.5) is 0 Å². The molecule has 0 saturated heterocycles. The van der Waals surface area contributed by atoms with E-state index in [1.54, 1.807) is 27.7 Å². The van der Waals surface area contributed by atoms with E-state index in [1.807, 2.05) is 0 Å². The molecule has 11 heavy (non-hydrogen) atoms. The van der Waals surface area contributed by atoms with Gasteiger partial charge in [0.2, 0.25) is 0 Å². The molecule has 0 bridgehead atoms. The zero-order chi connectivity index (χ0) is 8.78. The number of rotatable bonds is 0. The van der Waals surface area contributed by atoms with Gasteiger partial charge in [0.25, 0.3) is 0 Å². The van der Waals surface area contributed by atoms with Crippen molar-refractivity contribution in [3.63, 3.8) is 0 Å². The van der Waals surface area contributed by atoms with Crippen LogP contribution in [0, 0.1) is 11.5 Å². The molecule has 0 aliphatic heterocycles. The van der Waals surface area contributed by atoms with Gasteiger partial charge < -0.3 is 11.2 Å². The van der Waals surface area contributed by atoms with Crippen molar-refractivity contribution in [2.45, 2.75) is 27.7 Å². The summed E-state index contributed by atoms with van der Waals surface area (Å²) in [5.41, 5.74) is -0.583. The molecule has 0 amide bonds. The number of allylic oxidation sites excluding steroid dienone is 1. The van der Waals surface area contributed by atoms with Gasteiger partial charge in [0.05, 0.1) is 5.41 Å². The van der Waals surface area contributed by atoms with Gasteiger partial charge >= 0.3 is 5.97 Å². The Morgan fingerprint density at radius 2 is 1.55 bits per heavy atom. The second-order valence-corrected chi connectivity index (χ2v) is 2.91. The van der Waals surface area contributed by atoms with Gasteiger partial charge in [-0.1, -0.05) is 0 Å². The Hall–Kier alpha value is -0.167. The first-order chi connectivity index (χ1) is 4.36. The van der Waals surface area contributed by atoms with Crippen molar-refractivity contribution in [2.75, 3.05) is 0 Å². The molecule has 0 radical (unpaired) electrons. The first kappa shape index (κ1) is 17.1. The Morgan fingerprint density at radius 1 is 1.45 bits per heavy atom. The van der Waals surface area contributed by atoms with Crippen molar-refractivity contribution >= 4 is 5.97 Å². The van der Waals surface area contributed by atoms with Crippen LogP contribution in [0.2, 0.25) is 0 Å². The van der Waals surface area contributed by atoms with E-state index in [4.69, 9.17) is 5.11 Å². The molecule has 0 unspecified atom stereocenters. The zero-order valence-corrected chi connectivity index (χ0v) is 10.7. The SMILES string of the molecule is C=[C-]C.CC(C)(C)C(=O)O.[Zn]. The molecule has 0 saturated carbocycles. The van der Waals surface area contributed by atoms with Gasteiger partial charge in [-0.2, -0.15) is 6.92 Å². The number of hydrogen-bond acceptors (Lipinski definition) is 1. The molecule has 0 fully saturated rings. The van der Waals surface area contributed by atoms with E-state index in [1.165, 1.54) is 0 Å². The first-order valence-corrected chi connectivity index (χ1v) is 3.03. The van der Waals surface area contributed by atoms with Crippen LogP contribution < -0.4 is 0 Å². The monoisotopic (exact) mass is 207 g/mol. The average Bonchev–Trinajstić information content (AvgIpc) is 1.64. The summed E-state index contributed by atoms with van der Waals surface area (Å²) in [6, 6.07) is 0. The Labute approximate surface area is 81.4 Å². The van der Waals surface area contributed by atoms with E-state index in [-0.39, 0.29) is 19.5 Å². The number of carboxylic acid groups (broad SMARTS) is 1. The fraction of sp³-hybridized carbons (Fsp3) is 0.625. The number of carboxylic acids is 1. The fourth-order valence-electron chi connectivity index (χ4n) is 0. The van der Waals surface area contributed by atoms with E-state index in [9.17, 15) is 4.79 Å². The molecule has 2 nitrogen and oxygen atoms in total. The van der Waals surface area contributed by atoms with Crippen molar-refractivity contribution < 1.29 is 29.4 Å². The Bertz CT molecular complexity index is 114. The summed E-state index contributed by atoms with van der Waals surface area (Å²) in [7, 11) is 0. The third-order valence-electron chi connectivity index (χ3n) is 0.642. The molecule has 0 aliphatic rings. The van der Waals surface area contributed by atoms with Crippen LogP contribution in [0.1, 0.15) is 27.7 Å². The van der Waals surface area contributed by atoms with Crippen LogP contribution in [-0.4, -0.2) is 11.1 Å². The summed E-state index contributed by atoms with van der Waals surface area (Å²) < 4.78 is 0. The molecule has 3 heteroatoms. The van der Waals surface area contributed by atoms with E-state index < -0.39 is 11.4 Å². The molecular weight excluding hydrogens is 193 g/mol. The van der Waals surface area contributed by atoms with Crippen LogP contribution in [0.5, 0.6) is 0 Å². The van der Waals surface area contributed by atoms with Gasteiger partial charge in [-0.15, -0.1) is 0 Å². The summed E-state index contributed by atoms with van der Waals surface area (Å²) in [4.78, 5) is 10.0. The van der Waals surface area contributed by atoms with Gasteiger partial charge in [0.15, 0.2) is 0 Å². The second-order valence-electron chi connectivity index (χ2n) is 2.91. The van der Waals surface area contributed by atoms with Gasteiger partial charge in [-0.25, -0.2) is 0 Å². The maximum absolute atomic E-state index is 10.0. The van der Waals surface area contributed by atoms with Gasteiger partial charge in [0.1, 0.15) is 0 Å². The van der Waals surface area contributed by atoms with E-state index in [0.29, 0.717) is 0 Å². The maximum atomic E-state index is 10.0. The Morgan fingerprint density at radius 3 is 1.55 bits per heavy atom. The summed E-state index contributed by atoms with van der Waals surface area (Å²) in [5.74, 6) is -0.757. The largest absolute Gasteiger partial charge is 0.507 e. The molecule has 1 N–H and O–H groups in total. The molecular formula is C8H15O2Zn-. The molecule has 0 atom stereocenters. The zero-order valence-electron chi connectivity index (χ0n) is 7.77. The van der Waals surface area contributed by atoms with Gasteiger partial charge in [-0.05, 0) is 20.8 Å². The van der Waals surface area contributed by atoms with E-state index >= 15 is 0 Å². The molecule has 0 aromatic rings. The summed E-state index contributed by atoms with van der Waals surface area (Å²) in [6.07, 6.45) is 2.50. The third-order valence-corrected chi connectivity index (χ3v) is 0.642. The van der Waals surface area contributed by atoms with Crippen LogP contribution in [-0.2, 0) is 24.3 Å². The molecule has 62 valence electrons. The minimum absolute atomic E-state index is 0. The summed E-state index contributed by atoms with van der Waals surface area (Å²) >= 11 is 0. The van der Waals surface area contributed by atoms with Crippen molar-refractivity contribution in [1.29, 1.82) is 0 Å². The average molecular weight is 209 g/mol. The van der Waals surface area contributed by atoms with Crippen molar-refractivity contribution in [3.8, 4) is 0 Å².